The van der Waals surface area contributed by atoms with Crippen LogP contribution in [0, 0.1) is 0 Å². The first-order valence-corrected chi connectivity index (χ1v) is 7.65. The van der Waals surface area contributed by atoms with Crippen LogP contribution in [0.4, 0.5) is 11.4 Å². The summed E-state index contributed by atoms with van der Waals surface area (Å²) in [6, 6.07) is 12.7. The number of anilines is 2. The molecule has 2 N–H and O–H groups in total. The minimum Gasteiger partial charge on any atom is -0.493 e. The smallest absolute Gasteiger partial charge is 0.243 e. The predicted octanol–water partition coefficient (Wildman–Crippen LogP) is 3.15. The molecular weight excluding hydrogens is 308 g/mol. The van der Waals surface area contributed by atoms with Crippen molar-refractivity contribution in [2.75, 3.05) is 38.0 Å². The van der Waals surface area contributed by atoms with Crippen LogP contribution in [0.2, 0.25) is 0 Å². The first-order valence-electron chi connectivity index (χ1n) is 7.65. The quantitative estimate of drug-likeness (QED) is 0.778. The number of amides is 1. The van der Waals surface area contributed by atoms with E-state index in [-0.39, 0.29) is 12.5 Å². The molecule has 6 nitrogen and oxygen atoms in total. The highest BCUT2D eigenvalue weighted by atomic mass is 16.5. The molecule has 0 aliphatic carbocycles. The fourth-order valence-electron chi connectivity index (χ4n) is 2.17. The molecule has 0 aliphatic rings. The van der Waals surface area contributed by atoms with Gasteiger partial charge in [-0.05, 0) is 31.2 Å². The molecule has 1 amide bonds. The van der Waals surface area contributed by atoms with Crippen molar-refractivity contribution >= 4 is 17.3 Å². The van der Waals surface area contributed by atoms with Crippen LogP contribution in [0.3, 0.4) is 0 Å². The Morgan fingerprint density at radius 2 is 1.75 bits per heavy atom. The lowest BCUT2D eigenvalue weighted by molar-refractivity contribution is -0.114. The molecule has 2 aromatic rings. The van der Waals surface area contributed by atoms with E-state index in [1.165, 1.54) is 0 Å². The molecule has 0 saturated heterocycles. The van der Waals surface area contributed by atoms with E-state index in [0.717, 1.165) is 5.69 Å². The molecule has 0 aromatic heterocycles. The number of benzene rings is 2. The minimum atomic E-state index is -0.170. The van der Waals surface area contributed by atoms with E-state index < -0.39 is 0 Å². The third-order valence-electron chi connectivity index (χ3n) is 3.30. The molecule has 2 rings (SSSR count). The Hall–Kier alpha value is -2.89. The van der Waals surface area contributed by atoms with Gasteiger partial charge in [0.25, 0.3) is 0 Å². The topological polar surface area (TPSA) is 68.8 Å². The predicted molar refractivity (Wildman–Crippen MR) is 94.3 cm³/mol. The highest BCUT2D eigenvalue weighted by Crippen LogP contribution is 2.29. The summed E-state index contributed by atoms with van der Waals surface area (Å²) in [4.78, 5) is 12.1. The van der Waals surface area contributed by atoms with E-state index in [1.807, 2.05) is 31.2 Å². The molecule has 6 heteroatoms. The third-order valence-corrected chi connectivity index (χ3v) is 3.30. The number of methoxy groups -OCH3 is 2. The molecule has 0 fully saturated rings. The van der Waals surface area contributed by atoms with Gasteiger partial charge in [0.1, 0.15) is 5.75 Å². The second kappa shape index (κ2) is 8.67. The normalized spacial score (nSPS) is 9.96. The number of nitrogens with one attached hydrogen (secondary N) is 2. The van der Waals surface area contributed by atoms with Crippen molar-refractivity contribution in [2.24, 2.45) is 0 Å². The maximum Gasteiger partial charge on any atom is 0.243 e. The Labute approximate surface area is 141 Å². The first-order chi connectivity index (χ1) is 11.7. The zero-order valence-electron chi connectivity index (χ0n) is 14.1. The fraction of sp³-hybridized carbons (Fsp3) is 0.278. The molecule has 2 aromatic carbocycles. The lowest BCUT2D eigenvalue weighted by Gasteiger charge is -2.13. The second-order valence-electron chi connectivity index (χ2n) is 4.90. The van der Waals surface area contributed by atoms with Crippen LogP contribution < -0.4 is 24.8 Å². The summed E-state index contributed by atoms with van der Waals surface area (Å²) in [5.74, 6) is 1.72. The number of carbonyl (C=O) groups is 1. The van der Waals surface area contributed by atoms with E-state index in [0.29, 0.717) is 29.5 Å². The SMILES string of the molecule is CCOc1ccccc1NC(=O)CNc1ccc(OC)c(OC)c1. The van der Waals surface area contributed by atoms with Gasteiger partial charge in [-0.2, -0.15) is 0 Å². The van der Waals surface area contributed by atoms with Crippen molar-refractivity contribution in [2.45, 2.75) is 6.92 Å². The largest absolute Gasteiger partial charge is 0.493 e. The van der Waals surface area contributed by atoms with E-state index in [9.17, 15) is 4.79 Å². The van der Waals surface area contributed by atoms with Gasteiger partial charge in [-0.3, -0.25) is 4.79 Å². The van der Waals surface area contributed by atoms with Gasteiger partial charge in [0.05, 0.1) is 33.1 Å². The minimum absolute atomic E-state index is 0.121. The maximum atomic E-state index is 12.1. The zero-order valence-corrected chi connectivity index (χ0v) is 14.1. The first kappa shape index (κ1) is 17.5. The van der Waals surface area contributed by atoms with E-state index in [4.69, 9.17) is 14.2 Å². The van der Waals surface area contributed by atoms with E-state index in [1.54, 1.807) is 32.4 Å². The number of hydrogen-bond donors (Lipinski definition) is 2. The van der Waals surface area contributed by atoms with Gasteiger partial charge < -0.3 is 24.8 Å². The summed E-state index contributed by atoms with van der Waals surface area (Å²) in [6.45, 7) is 2.56. The molecular formula is C18H22N2O4. The number of ether oxygens (including phenoxy) is 3. The van der Waals surface area contributed by atoms with Crippen molar-refractivity contribution in [1.82, 2.24) is 0 Å². The van der Waals surface area contributed by atoms with Crippen molar-refractivity contribution in [3.63, 3.8) is 0 Å². The Bertz CT molecular complexity index is 688. The number of carbonyl (C=O) groups excluding carboxylic acids is 1. The molecule has 0 spiro atoms. The molecule has 0 unspecified atom stereocenters. The molecule has 0 atom stereocenters. The van der Waals surface area contributed by atoms with Gasteiger partial charge in [0.2, 0.25) is 5.91 Å². The van der Waals surface area contributed by atoms with Crippen LogP contribution in [0.15, 0.2) is 42.5 Å². The zero-order chi connectivity index (χ0) is 17.4. The van der Waals surface area contributed by atoms with Crippen molar-refractivity contribution in [3.8, 4) is 17.2 Å². The van der Waals surface area contributed by atoms with Gasteiger partial charge in [-0.25, -0.2) is 0 Å². The van der Waals surface area contributed by atoms with E-state index in [2.05, 4.69) is 10.6 Å². The molecule has 0 radical (unpaired) electrons. The summed E-state index contributed by atoms with van der Waals surface area (Å²) >= 11 is 0. The Morgan fingerprint density at radius 3 is 2.46 bits per heavy atom. The number of hydrogen-bond acceptors (Lipinski definition) is 5. The summed E-state index contributed by atoms with van der Waals surface area (Å²) in [5, 5.41) is 5.89. The van der Waals surface area contributed by atoms with Crippen molar-refractivity contribution in [1.29, 1.82) is 0 Å². The monoisotopic (exact) mass is 330 g/mol. The lowest BCUT2D eigenvalue weighted by atomic mass is 10.2. The molecule has 0 saturated carbocycles. The van der Waals surface area contributed by atoms with Crippen LogP contribution in [-0.4, -0.2) is 33.3 Å². The fourth-order valence-corrected chi connectivity index (χ4v) is 2.17. The van der Waals surface area contributed by atoms with Crippen molar-refractivity contribution < 1.29 is 19.0 Å². The second-order valence-corrected chi connectivity index (χ2v) is 4.90. The Kier molecular flexibility index (Phi) is 6.31. The average Bonchev–Trinajstić information content (AvgIpc) is 2.61. The van der Waals surface area contributed by atoms with Gasteiger partial charge in [0, 0.05) is 11.8 Å². The Morgan fingerprint density at radius 1 is 1.00 bits per heavy atom. The summed E-state index contributed by atoms with van der Waals surface area (Å²) in [6.07, 6.45) is 0. The van der Waals surface area contributed by atoms with Crippen LogP contribution in [0.5, 0.6) is 17.2 Å². The van der Waals surface area contributed by atoms with Crippen molar-refractivity contribution in [3.05, 3.63) is 42.5 Å². The van der Waals surface area contributed by atoms with E-state index >= 15 is 0 Å². The van der Waals surface area contributed by atoms with Crippen LogP contribution in [-0.2, 0) is 4.79 Å². The van der Waals surface area contributed by atoms with Gasteiger partial charge in [0.15, 0.2) is 11.5 Å². The highest BCUT2D eigenvalue weighted by Gasteiger charge is 2.08. The number of para-hydroxylation sites is 2. The number of rotatable bonds is 8. The summed E-state index contributed by atoms with van der Waals surface area (Å²) in [5.41, 5.74) is 1.42. The summed E-state index contributed by atoms with van der Waals surface area (Å²) in [7, 11) is 3.15. The molecule has 24 heavy (non-hydrogen) atoms. The highest BCUT2D eigenvalue weighted by molar-refractivity contribution is 5.95. The summed E-state index contributed by atoms with van der Waals surface area (Å²) < 4.78 is 15.9. The van der Waals surface area contributed by atoms with Crippen LogP contribution in [0.1, 0.15) is 6.92 Å². The maximum absolute atomic E-state index is 12.1. The standard InChI is InChI=1S/C18H22N2O4/c1-4-24-15-8-6-5-7-14(15)20-18(21)12-19-13-9-10-16(22-2)17(11-13)23-3/h5-11,19H,4,12H2,1-3H3,(H,20,21). The van der Waals surface area contributed by atoms with Crippen LogP contribution >= 0.6 is 0 Å². The third kappa shape index (κ3) is 4.55. The molecule has 128 valence electrons. The van der Waals surface area contributed by atoms with Crippen LogP contribution in [0.25, 0.3) is 0 Å². The molecule has 0 heterocycles. The van der Waals surface area contributed by atoms with Gasteiger partial charge >= 0.3 is 0 Å². The average molecular weight is 330 g/mol. The van der Waals surface area contributed by atoms with Gasteiger partial charge in [-0.15, -0.1) is 0 Å². The molecule has 0 aliphatic heterocycles. The lowest BCUT2D eigenvalue weighted by Crippen LogP contribution is -2.22. The Balaban J connectivity index is 1.96. The van der Waals surface area contributed by atoms with Gasteiger partial charge in [-0.1, -0.05) is 12.1 Å². The molecule has 0 bridgehead atoms.